The van der Waals surface area contributed by atoms with Crippen LogP contribution in [0.4, 0.5) is 4.79 Å². The lowest BCUT2D eigenvalue weighted by atomic mass is 9.99. The second kappa shape index (κ2) is 9.71. The van der Waals surface area contributed by atoms with Crippen LogP contribution in [0.2, 0.25) is 0 Å². The molecule has 6 nitrogen and oxygen atoms in total. The van der Waals surface area contributed by atoms with Gasteiger partial charge in [-0.3, -0.25) is 0 Å². The zero-order valence-corrected chi connectivity index (χ0v) is 14.2. The van der Waals surface area contributed by atoms with Gasteiger partial charge in [-0.25, -0.2) is 9.59 Å². The largest absolute Gasteiger partial charge is 0.497 e. The van der Waals surface area contributed by atoms with E-state index < -0.39 is 12.0 Å². The normalized spacial score (nSPS) is 12.9. The Bertz CT molecular complexity index is 502. The van der Waals surface area contributed by atoms with Gasteiger partial charge in [0, 0.05) is 6.54 Å². The van der Waals surface area contributed by atoms with Gasteiger partial charge in [0.05, 0.1) is 14.2 Å². The Kier molecular flexibility index (Phi) is 7.94. The highest BCUT2D eigenvalue weighted by Gasteiger charge is 2.26. The number of esters is 1. The molecule has 6 heteroatoms. The number of methoxy groups -OCH3 is 2. The average molecular weight is 322 g/mol. The van der Waals surface area contributed by atoms with Gasteiger partial charge in [-0.1, -0.05) is 32.4 Å². The molecule has 0 aliphatic rings. The highest BCUT2D eigenvalue weighted by Crippen LogP contribution is 2.11. The number of rotatable bonds is 8. The Balaban J connectivity index is 2.43. The van der Waals surface area contributed by atoms with Crippen LogP contribution in [0, 0.1) is 5.92 Å². The Labute approximate surface area is 137 Å². The van der Waals surface area contributed by atoms with Gasteiger partial charge >= 0.3 is 12.0 Å². The zero-order chi connectivity index (χ0) is 17.2. The fraction of sp³-hybridized carbons (Fsp3) is 0.529. The lowest BCUT2D eigenvalue weighted by molar-refractivity contribution is -0.144. The Morgan fingerprint density at radius 2 is 1.83 bits per heavy atom. The van der Waals surface area contributed by atoms with E-state index in [1.165, 1.54) is 7.11 Å². The molecule has 1 rings (SSSR count). The number of nitrogens with one attached hydrogen (secondary N) is 2. The quantitative estimate of drug-likeness (QED) is 0.719. The molecule has 1 aromatic carbocycles. The number of carbonyl (C=O) groups is 2. The number of hydrogen-bond acceptors (Lipinski definition) is 4. The SMILES string of the molecule is CCC(C)[C@@H](NC(=O)NCCc1ccc(OC)cc1)C(=O)OC. The minimum Gasteiger partial charge on any atom is -0.497 e. The van der Waals surface area contributed by atoms with Crippen LogP contribution in [0.1, 0.15) is 25.8 Å². The van der Waals surface area contributed by atoms with Gasteiger partial charge < -0.3 is 20.1 Å². The predicted octanol–water partition coefficient (Wildman–Crippen LogP) is 2.12. The molecule has 0 aliphatic carbocycles. The second-order valence-electron chi connectivity index (χ2n) is 5.38. The minimum atomic E-state index is -0.633. The van der Waals surface area contributed by atoms with E-state index in [2.05, 4.69) is 10.6 Å². The van der Waals surface area contributed by atoms with Crippen molar-refractivity contribution >= 4 is 12.0 Å². The van der Waals surface area contributed by atoms with Crippen LogP contribution in [-0.4, -0.2) is 38.8 Å². The van der Waals surface area contributed by atoms with Gasteiger partial charge in [-0.2, -0.15) is 0 Å². The summed E-state index contributed by atoms with van der Waals surface area (Å²) in [7, 11) is 2.94. The van der Waals surface area contributed by atoms with E-state index in [0.29, 0.717) is 13.0 Å². The molecule has 2 atom stereocenters. The molecule has 0 heterocycles. The van der Waals surface area contributed by atoms with Gasteiger partial charge in [0.1, 0.15) is 11.8 Å². The Morgan fingerprint density at radius 1 is 1.17 bits per heavy atom. The summed E-state index contributed by atoms with van der Waals surface area (Å²) in [6, 6.07) is 6.67. The number of benzene rings is 1. The lowest BCUT2D eigenvalue weighted by Crippen LogP contribution is -2.49. The standard InChI is InChI=1S/C17H26N2O4/c1-5-12(2)15(16(20)23-4)19-17(21)18-11-10-13-6-8-14(22-3)9-7-13/h6-9,12,15H,5,10-11H2,1-4H3,(H2,18,19,21)/t12?,15-/m1/s1. The van der Waals surface area contributed by atoms with Crippen molar-refractivity contribution in [3.8, 4) is 5.75 Å². The molecule has 0 saturated carbocycles. The van der Waals surface area contributed by atoms with E-state index in [9.17, 15) is 9.59 Å². The van der Waals surface area contributed by atoms with Crippen LogP contribution in [-0.2, 0) is 16.0 Å². The van der Waals surface area contributed by atoms with Crippen LogP contribution in [0.25, 0.3) is 0 Å². The maximum absolute atomic E-state index is 11.9. The van der Waals surface area contributed by atoms with E-state index in [-0.39, 0.29) is 11.9 Å². The number of urea groups is 1. The first-order valence-corrected chi connectivity index (χ1v) is 7.76. The molecule has 0 fully saturated rings. The maximum atomic E-state index is 11.9. The molecular weight excluding hydrogens is 296 g/mol. The van der Waals surface area contributed by atoms with Gasteiger partial charge in [0.25, 0.3) is 0 Å². The van der Waals surface area contributed by atoms with E-state index in [1.807, 2.05) is 38.1 Å². The molecule has 23 heavy (non-hydrogen) atoms. The van der Waals surface area contributed by atoms with Crippen molar-refractivity contribution in [1.29, 1.82) is 0 Å². The Morgan fingerprint density at radius 3 is 2.35 bits per heavy atom. The van der Waals surface area contributed by atoms with Crippen molar-refractivity contribution in [2.24, 2.45) is 5.92 Å². The van der Waals surface area contributed by atoms with Gasteiger partial charge in [0.15, 0.2) is 0 Å². The van der Waals surface area contributed by atoms with Crippen LogP contribution in [0.3, 0.4) is 0 Å². The van der Waals surface area contributed by atoms with Crippen molar-refractivity contribution in [1.82, 2.24) is 10.6 Å². The number of hydrogen-bond donors (Lipinski definition) is 2. The fourth-order valence-corrected chi connectivity index (χ4v) is 2.10. The van der Waals surface area contributed by atoms with Crippen molar-refractivity contribution < 1.29 is 19.1 Å². The third-order valence-electron chi connectivity index (χ3n) is 3.81. The molecule has 0 bridgehead atoms. The van der Waals surface area contributed by atoms with Crippen molar-refractivity contribution in [2.45, 2.75) is 32.7 Å². The number of ether oxygens (including phenoxy) is 2. The Hall–Kier alpha value is -2.24. The summed E-state index contributed by atoms with van der Waals surface area (Å²) in [5, 5.41) is 5.44. The van der Waals surface area contributed by atoms with Gasteiger partial charge in [0.2, 0.25) is 0 Å². The average Bonchev–Trinajstić information content (AvgIpc) is 2.58. The summed E-state index contributed by atoms with van der Waals surface area (Å²) in [5.74, 6) is 0.383. The summed E-state index contributed by atoms with van der Waals surface area (Å²) in [4.78, 5) is 23.7. The molecule has 2 amide bonds. The smallest absolute Gasteiger partial charge is 0.328 e. The summed E-state index contributed by atoms with van der Waals surface area (Å²) < 4.78 is 9.84. The predicted molar refractivity (Wildman–Crippen MR) is 88.5 cm³/mol. The first-order chi connectivity index (χ1) is 11.0. The van der Waals surface area contributed by atoms with Crippen molar-refractivity contribution in [3.05, 3.63) is 29.8 Å². The van der Waals surface area contributed by atoms with Crippen molar-refractivity contribution in [3.63, 3.8) is 0 Å². The van der Waals surface area contributed by atoms with Crippen LogP contribution >= 0.6 is 0 Å². The number of carbonyl (C=O) groups excluding carboxylic acids is 2. The molecule has 0 saturated heterocycles. The van der Waals surface area contributed by atoms with Gasteiger partial charge in [-0.15, -0.1) is 0 Å². The third kappa shape index (κ3) is 6.18. The van der Waals surface area contributed by atoms with E-state index in [4.69, 9.17) is 9.47 Å². The molecule has 0 spiro atoms. The van der Waals surface area contributed by atoms with E-state index in [0.717, 1.165) is 17.7 Å². The van der Waals surface area contributed by atoms with Crippen LogP contribution in [0.5, 0.6) is 5.75 Å². The molecule has 0 radical (unpaired) electrons. The summed E-state index contributed by atoms with van der Waals surface area (Å²) in [5.41, 5.74) is 1.09. The molecule has 0 aromatic heterocycles. The highest BCUT2D eigenvalue weighted by atomic mass is 16.5. The minimum absolute atomic E-state index is 0.00906. The first-order valence-electron chi connectivity index (χ1n) is 7.76. The summed E-state index contributed by atoms with van der Waals surface area (Å²) in [6.45, 7) is 4.34. The molecule has 0 aliphatic heterocycles. The molecular formula is C17H26N2O4. The van der Waals surface area contributed by atoms with E-state index in [1.54, 1.807) is 7.11 Å². The molecule has 1 unspecified atom stereocenters. The maximum Gasteiger partial charge on any atom is 0.328 e. The summed E-state index contributed by atoms with van der Waals surface area (Å²) in [6.07, 6.45) is 1.47. The second-order valence-corrected chi connectivity index (χ2v) is 5.38. The fourth-order valence-electron chi connectivity index (χ4n) is 2.10. The molecule has 1 aromatic rings. The highest BCUT2D eigenvalue weighted by molar-refractivity contribution is 5.83. The van der Waals surface area contributed by atoms with Crippen LogP contribution < -0.4 is 15.4 Å². The van der Waals surface area contributed by atoms with Gasteiger partial charge in [-0.05, 0) is 30.0 Å². The lowest BCUT2D eigenvalue weighted by Gasteiger charge is -2.22. The van der Waals surface area contributed by atoms with E-state index >= 15 is 0 Å². The third-order valence-corrected chi connectivity index (χ3v) is 3.81. The monoisotopic (exact) mass is 322 g/mol. The number of amides is 2. The first kappa shape index (κ1) is 18.8. The topological polar surface area (TPSA) is 76.7 Å². The van der Waals surface area contributed by atoms with Crippen LogP contribution in [0.15, 0.2) is 24.3 Å². The molecule has 128 valence electrons. The summed E-state index contributed by atoms with van der Waals surface area (Å²) >= 11 is 0. The van der Waals surface area contributed by atoms with Crippen molar-refractivity contribution in [2.75, 3.05) is 20.8 Å². The zero-order valence-electron chi connectivity index (χ0n) is 14.2. The molecule has 2 N–H and O–H groups in total.